The van der Waals surface area contributed by atoms with Gasteiger partial charge in [0.15, 0.2) is 6.61 Å². The molecule has 0 radical (unpaired) electrons. The molecule has 1 aromatic rings. The summed E-state index contributed by atoms with van der Waals surface area (Å²) in [5.74, 6) is 0.0376. The molecule has 2 aliphatic rings. The number of ether oxygens (including phenoxy) is 3. The summed E-state index contributed by atoms with van der Waals surface area (Å²) in [5, 5.41) is 2.61. The van der Waals surface area contributed by atoms with Crippen molar-refractivity contribution in [2.24, 2.45) is 0 Å². The summed E-state index contributed by atoms with van der Waals surface area (Å²) < 4.78 is 44.0. The molecule has 0 unspecified atom stereocenters. The summed E-state index contributed by atoms with van der Waals surface area (Å²) in [6, 6.07) is 2.44. The first kappa shape index (κ1) is 20.2. The Kier molecular flexibility index (Phi) is 5.94. The van der Waals surface area contributed by atoms with E-state index >= 15 is 0 Å². The van der Waals surface area contributed by atoms with Crippen LogP contribution in [0.1, 0.15) is 19.8 Å². The second-order valence-electron chi connectivity index (χ2n) is 6.42. The van der Waals surface area contributed by atoms with Gasteiger partial charge in [-0.05, 0) is 19.8 Å². The van der Waals surface area contributed by atoms with Gasteiger partial charge in [-0.3, -0.25) is 4.79 Å². The summed E-state index contributed by atoms with van der Waals surface area (Å²) in [5.41, 5.74) is 0.356. The highest BCUT2D eigenvalue weighted by Gasteiger charge is 2.30. The standard InChI is InChI=1S/C17H23N3O7S/c1-3-26-17(22)20-6-4-11(5-7-20)19-28(23,24)15-9-13-12(8-14(15)25-2)18-16(21)10-27-13/h8-9,11,19H,3-7,10H2,1-2H3,(H,18,21). The Morgan fingerprint density at radius 1 is 1.36 bits per heavy atom. The van der Waals surface area contributed by atoms with Crippen molar-refractivity contribution in [3.8, 4) is 11.5 Å². The minimum atomic E-state index is -3.90. The van der Waals surface area contributed by atoms with Gasteiger partial charge in [0.05, 0.1) is 19.4 Å². The van der Waals surface area contributed by atoms with Crippen molar-refractivity contribution >= 4 is 27.7 Å². The summed E-state index contributed by atoms with van der Waals surface area (Å²) in [7, 11) is -2.55. The highest BCUT2D eigenvalue weighted by Crippen LogP contribution is 2.37. The number of piperidine rings is 1. The first-order valence-electron chi connectivity index (χ1n) is 8.92. The number of methoxy groups -OCH3 is 1. The molecule has 3 rings (SSSR count). The van der Waals surface area contributed by atoms with Gasteiger partial charge >= 0.3 is 6.09 Å². The fourth-order valence-electron chi connectivity index (χ4n) is 3.14. The van der Waals surface area contributed by atoms with Gasteiger partial charge in [-0.15, -0.1) is 0 Å². The van der Waals surface area contributed by atoms with Crippen LogP contribution in [0.5, 0.6) is 11.5 Å². The van der Waals surface area contributed by atoms with Crippen molar-refractivity contribution in [1.82, 2.24) is 9.62 Å². The van der Waals surface area contributed by atoms with Crippen LogP contribution in [0.3, 0.4) is 0 Å². The molecular formula is C17H23N3O7S. The third kappa shape index (κ3) is 4.30. The Morgan fingerprint density at radius 3 is 2.71 bits per heavy atom. The molecule has 0 atom stereocenters. The van der Waals surface area contributed by atoms with E-state index in [0.717, 1.165) is 0 Å². The zero-order chi connectivity index (χ0) is 20.3. The number of carbonyl (C=O) groups excluding carboxylic acids is 2. The predicted molar refractivity (Wildman–Crippen MR) is 99.1 cm³/mol. The van der Waals surface area contributed by atoms with E-state index in [1.54, 1.807) is 11.8 Å². The van der Waals surface area contributed by atoms with Crippen molar-refractivity contribution < 1.29 is 32.2 Å². The predicted octanol–water partition coefficient (Wildman–Crippen LogP) is 0.925. The number of fused-ring (bicyclic) bond motifs is 1. The number of sulfonamides is 1. The zero-order valence-electron chi connectivity index (χ0n) is 15.7. The number of hydrogen-bond acceptors (Lipinski definition) is 7. The third-order valence-electron chi connectivity index (χ3n) is 4.53. The van der Waals surface area contributed by atoms with E-state index in [1.807, 2.05) is 0 Å². The number of likely N-dealkylation sites (tertiary alicyclic amines) is 1. The normalized spacial score (nSPS) is 17.4. The highest BCUT2D eigenvalue weighted by molar-refractivity contribution is 7.89. The van der Waals surface area contributed by atoms with Crippen LogP contribution in [0.25, 0.3) is 0 Å². The first-order valence-corrected chi connectivity index (χ1v) is 10.4. The van der Waals surface area contributed by atoms with E-state index in [2.05, 4.69) is 10.0 Å². The molecule has 154 valence electrons. The fourth-order valence-corrected chi connectivity index (χ4v) is 4.61. The van der Waals surface area contributed by atoms with E-state index in [0.29, 0.717) is 38.2 Å². The molecule has 2 amide bonds. The molecule has 2 N–H and O–H groups in total. The van der Waals surface area contributed by atoms with Crippen LogP contribution in [-0.4, -0.2) is 64.8 Å². The average Bonchev–Trinajstić information content (AvgIpc) is 2.67. The molecule has 0 bridgehead atoms. The van der Waals surface area contributed by atoms with Gasteiger partial charge in [-0.25, -0.2) is 17.9 Å². The maximum absolute atomic E-state index is 12.9. The molecule has 0 aromatic heterocycles. The number of hydrogen-bond donors (Lipinski definition) is 2. The molecule has 1 saturated heterocycles. The number of carbonyl (C=O) groups is 2. The number of rotatable bonds is 5. The molecule has 28 heavy (non-hydrogen) atoms. The van der Waals surface area contributed by atoms with Gasteiger partial charge in [-0.1, -0.05) is 0 Å². The third-order valence-corrected chi connectivity index (χ3v) is 6.07. The summed E-state index contributed by atoms with van der Waals surface area (Å²) >= 11 is 0. The molecule has 0 spiro atoms. The van der Waals surface area contributed by atoms with Gasteiger partial charge in [-0.2, -0.15) is 0 Å². The monoisotopic (exact) mass is 413 g/mol. The SMILES string of the molecule is CCOC(=O)N1CCC(NS(=O)(=O)c2cc3c(cc2OC)NC(=O)CO3)CC1. The lowest BCUT2D eigenvalue weighted by Crippen LogP contribution is -2.46. The number of amides is 2. The van der Waals surface area contributed by atoms with E-state index in [1.165, 1.54) is 19.2 Å². The quantitative estimate of drug-likeness (QED) is 0.736. The Morgan fingerprint density at radius 2 is 2.07 bits per heavy atom. The van der Waals surface area contributed by atoms with Crippen LogP contribution in [0.4, 0.5) is 10.5 Å². The Labute approximate surface area is 163 Å². The van der Waals surface area contributed by atoms with E-state index in [9.17, 15) is 18.0 Å². The molecule has 1 aromatic carbocycles. The lowest BCUT2D eigenvalue weighted by Gasteiger charge is -2.31. The van der Waals surface area contributed by atoms with Gasteiger partial charge in [0.2, 0.25) is 10.0 Å². The first-order chi connectivity index (χ1) is 13.3. The van der Waals surface area contributed by atoms with Crippen LogP contribution in [0.2, 0.25) is 0 Å². The van der Waals surface area contributed by atoms with E-state index < -0.39 is 10.0 Å². The second-order valence-corrected chi connectivity index (χ2v) is 8.10. The number of nitrogens with zero attached hydrogens (tertiary/aromatic N) is 1. The van der Waals surface area contributed by atoms with Crippen LogP contribution < -0.4 is 19.5 Å². The van der Waals surface area contributed by atoms with Crippen LogP contribution in [0.15, 0.2) is 17.0 Å². The second kappa shape index (κ2) is 8.23. The van der Waals surface area contributed by atoms with E-state index in [4.69, 9.17) is 14.2 Å². The molecular weight excluding hydrogens is 390 g/mol. The minimum absolute atomic E-state index is 0.0716. The molecule has 1 fully saturated rings. The number of anilines is 1. The van der Waals surface area contributed by atoms with Gasteiger partial charge in [0, 0.05) is 31.3 Å². The summed E-state index contributed by atoms with van der Waals surface area (Å²) in [6.07, 6.45) is 0.551. The topological polar surface area (TPSA) is 123 Å². The smallest absolute Gasteiger partial charge is 0.409 e. The highest BCUT2D eigenvalue weighted by atomic mass is 32.2. The molecule has 0 aliphatic carbocycles. The Hall–Kier alpha value is -2.53. The lowest BCUT2D eigenvalue weighted by atomic mass is 10.1. The van der Waals surface area contributed by atoms with Crippen LogP contribution >= 0.6 is 0 Å². The molecule has 0 saturated carbocycles. The van der Waals surface area contributed by atoms with Crippen molar-refractivity contribution in [3.63, 3.8) is 0 Å². The van der Waals surface area contributed by atoms with Crippen LogP contribution in [0, 0.1) is 0 Å². The molecule has 10 nitrogen and oxygen atoms in total. The lowest BCUT2D eigenvalue weighted by molar-refractivity contribution is -0.118. The minimum Gasteiger partial charge on any atom is -0.495 e. The largest absolute Gasteiger partial charge is 0.495 e. The van der Waals surface area contributed by atoms with Crippen molar-refractivity contribution in [2.75, 3.05) is 38.7 Å². The van der Waals surface area contributed by atoms with Crippen molar-refractivity contribution in [1.29, 1.82) is 0 Å². The van der Waals surface area contributed by atoms with Crippen molar-refractivity contribution in [2.45, 2.75) is 30.7 Å². The maximum Gasteiger partial charge on any atom is 0.409 e. The number of benzene rings is 1. The van der Waals surface area contributed by atoms with Gasteiger partial charge in [0.1, 0.15) is 16.4 Å². The average molecular weight is 413 g/mol. The van der Waals surface area contributed by atoms with Crippen molar-refractivity contribution in [3.05, 3.63) is 12.1 Å². The van der Waals surface area contributed by atoms with E-state index in [-0.39, 0.29) is 41.0 Å². The number of nitrogens with one attached hydrogen (secondary N) is 2. The fraction of sp³-hybridized carbons (Fsp3) is 0.529. The van der Waals surface area contributed by atoms with Crippen LogP contribution in [-0.2, 0) is 19.6 Å². The van der Waals surface area contributed by atoms with Gasteiger partial charge < -0.3 is 24.4 Å². The molecule has 2 heterocycles. The Bertz CT molecular complexity index is 864. The maximum atomic E-state index is 12.9. The molecule has 2 aliphatic heterocycles. The summed E-state index contributed by atoms with van der Waals surface area (Å²) in [4.78, 5) is 24.7. The zero-order valence-corrected chi connectivity index (χ0v) is 16.5. The molecule has 11 heteroatoms. The van der Waals surface area contributed by atoms with Gasteiger partial charge in [0.25, 0.3) is 5.91 Å². The summed E-state index contributed by atoms with van der Waals surface area (Å²) in [6.45, 7) is 2.66. The Balaban J connectivity index is 1.73.